The Morgan fingerprint density at radius 1 is 1.19 bits per heavy atom. The van der Waals surface area contributed by atoms with Gasteiger partial charge in [-0.15, -0.1) is 0 Å². The van der Waals surface area contributed by atoms with E-state index in [1.807, 2.05) is 0 Å². The number of carboxylic acids is 1. The van der Waals surface area contributed by atoms with E-state index in [0.29, 0.717) is 25.3 Å². The molecule has 0 aliphatic carbocycles. The molecule has 132 valence electrons. The molecule has 1 aliphatic heterocycles. The predicted octanol–water partition coefficient (Wildman–Crippen LogP) is 3.18. The van der Waals surface area contributed by atoms with E-state index in [0.717, 1.165) is 22.9 Å². The Kier molecular flexibility index (Phi) is 4.00. The van der Waals surface area contributed by atoms with Crippen molar-refractivity contribution in [3.05, 3.63) is 76.5 Å². The second kappa shape index (κ2) is 6.34. The summed E-state index contributed by atoms with van der Waals surface area (Å²) in [4.78, 5) is 11.2. The van der Waals surface area contributed by atoms with Crippen LogP contribution in [0.1, 0.15) is 27.2 Å². The monoisotopic (exact) mass is 355 g/mol. The van der Waals surface area contributed by atoms with Crippen molar-refractivity contribution >= 4 is 5.97 Å². The number of nitrogens with one attached hydrogen (secondary N) is 1. The van der Waals surface area contributed by atoms with Gasteiger partial charge in [-0.2, -0.15) is 5.10 Å². The number of carbonyl (C=O) groups is 1. The highest BCUT2D eigenvalue weighted by molar-refractivity contribution is 5.87. The summed E-state index contributed by atoms with van der Waals surface area (Å²) in [5.74, 6) is -2.30. The van der Waals surface area contributed by atoms with Crippen LogP contribution in [0.25, 0.3) is 11.3 Å². The first-order chi connectivity index (χ1) is 12.5. The van der Waals surface area contributed by atoms with Crippen molar-refractivity contribution < 1.29 is 18.7 Å². The van der Waals surface area contributed by atoms with E-state index < -0.39 is 17.6 Å². The maximum atomic E-state index is 14.4. The first-order valence-electron chi connectivity index (χ1n) is 8.10. The molecule has 26 heavy (non-hydrogen) atoms. The molecule has 4 rings (SSSR count). The third-order valence-corrected chi connectivity index (χ3v) is 4.42. The average molecular weight is 355 g/mol. The zero-order valence-electron chi connectivity index (χ0n) is 13.7. The normalized spacial score (nSPS) is 13.0. The summed E-state index contributed by atoms with van der Waals surface area (Å²) in [6.07, 6.45) is 0. The fraction of sp³-hybridized carbons (Fsp3) is 0.158. The Morgan fingerprint density at radius 2 is 2.04 bits per heavy atom. The molecular formula is C19H15F2N3O2. The number of carboxylic acid groups (broad SMARTS) is 1. The summed E-state index contributed by atoms with van der Waals surface area (Å²) in [5, 5.41) is 16.9. The van der Waals surface area contributed by atoms with Crippen LogP contribution >= 0.6 is 0 Å². The van der Waals surface area contributed by atoms with Gasteiger partial charge in [0.05, 0.1) is 23.5 Å². The predicted molar refractivity (Wildman–Crippen MR) is 90.6 cm³/mol. The SMILES string of the molecule is O=C(O)c1cccc(Cn2nc3c(c2-c2ccc(F)cc2F)CNC3)c1. The lowest BCUT2D eigenvalue weighted by Crippen LogP contribution is -2.10. The van der Waals surface area contributed by atoms with Crippen LogP contribution in [0.5, 0.6) is 0 Å². The summed E-state index contributed by atoms with van der Waals surface area (Å²) in [6, 6.07) is 10.0. The van der Waals surface area contributed by atoms with Gasteiger partial charge in [-0.25, -0.2) is 13.6 Å². The highest BCUT2D eigenvalue weighted by atomic mass is 19.1. The van der Waals surface area contributed by atoms with Crippen molar-refractivity contribution in [1.29, 1.82) is 0 Å². The molecule has 2 heterocycles. The number of aromatic nitrogens is 2. The van der Waals surface area contributed by atoms with Crippen molar-refractivity contribution in [2.45, 2.75) is 19.6 Å². The van der Waals surface area contributed by atoms with Crippen LogP contribution in [0.2, 0.25) is 0 Å². The third kappa shape index (κ3) is 2.86. The highest BCUT2D eigenvalue weighted by Crippen LogP contribution is 2.32. The Bertz CT molecular complexity index is 1010. The molecule has 1 aliphatic rings. The van der Waals surface area contributed by atoms with Gasteiger partial charge >= 0.3 is 5.97 Å². The summed E-state index contributed by atoms with van der Waals surface area (Å²) >= 11 is 0. The molecule has 0 bridgehead atoms. The van der Waals surface area contributed by atoms with Gasteiger partial charge in [0.2, 0.25) is 0 Å². The van der Waals surface area contributed by atoms with E-state index in [2.05, 4.69) is 10.4 Å². The first-order valence-corrected chi connectivity index (χ1v) is 8.10. The molecule has 3 aromatic rings. The number of fused-ring (bicyclic) bond motifs is 1. The van der Waals surface area contributed by atoms with Crippen LogP contribution in [0.15, 0.2) is 42.5 Å². The summed E-state index contributed by atoms with van der Waals surface area (Å²) in [7, 11) is 0. The van der Waals surface area contributed by atoms with Crippen molar-refractivity contribution in [3.8, 4) is 11.3 Å². The second-order valence-corrected chi connectivity index (χ2v) is 6.16. The standard InChI is InChI=1S/C19H15F2N3O2/c20-13-4-5-14(16(21)7-13)18-15-8-22-9-17(15)23-24(18)10-11-2-1-3-12(6-11)19(25)26/h1-7,22H,8-10H2,(H,25,26). The molecule has 2 N–H and O–H groups in total. The van der Waals surface area contributed by atoms with Crippen molar-refractivity contribution in [1.82, 2.24) is 15.1 Å². The Balaban J connectivity index is 1.80. The van der Waals surface area contributed by atoms with Crippen LogP contribution in [0.4, 0.5) is 8.78 Å². The molecule has 5 nitrogen and oxygen atoms in total. The van der Waals surface area contributed by atoms with E-state index in [1.165, 1.54) is 18.2 Å². The highest BCUT2D eigenvalue weighted by Gasteiger charge is 2.25. The summed E-state index contributed by atoms with van der Waals surface area (Å²) in [5.41, 5.74) is 3.48. The van der Waals surface area contributed by atoms with Crippen molar-refractivity contribution in [3.63, 3.8) is 0 Å². The van der Waals surface area contributed by atoms with Gasteiger partial charge in [0.1, 0.15) is 11.6 Å². The van der Waals surface area contributed by atoms with E-state index >= 15 is 0 Å². The largest absolute Gasteiger partial charge is 0.478 e. The molecule has 1 aromatic heterocycles. The van der Waals surface area contributed by atoms with Gasteiger partial charge in [0.15, 0.2) is 0 Å². The fourth-order valence-electron chi connectivity index (χ4n) is 3.26. The first kappa shape index (κ1) is 16.4. The smallest absolute Gasteiger partial charge is 0.335 e. The molecule has 0 fully saturated rings. The zero-order chi connectivity index (χ0) is 18.3. The van der Waals surface area contributed by atoms with E-state index in [9.17, 15) is 13.6 Å². The number of hydrogen-bond acceptors (Lipinski definition) is 3. The van der Waals surface area contributed by atoms with E-state index in [1.54, 1.807) is 22.9 Å². The maximum Gasteiger partial charge on any atom is 0.335 e. The zero-order valence-corrected chi connectivity index (χ0v) is 13.7. The van der Waals surface area contributed by atoms with Crippen LogP contribution in [0.3, 0.4) is 0 Å². The van der Waals surface area contributed by atoms with Gasteiger partial charge in [-0.1, -0.05) is 12.1 Å². The minimum atomic E-state index is -1.01. The van der Waals surface area contributed by atoms with Gasteiger partial charge < -0.3 is 10.4 Å². The molecule has 0 saturated carbocycles. The third-order valence-electron chi connectivity index (χ3n) is 4.42. The fourth-order valence-corrected chi connectivity index (χ4v) is 3.26. The molecule has 2 aromatic carbocycles. The molecular weight excluding hydrogens is 340 g/mol. The molecule has 0 radical (unpaired) electrons. The molecule has 0 atom stereocenters. The minimum absolute atomic E-state index is 0.179. The molecule has 7 heteroatoms. The van der Waals surface area contributed by atoms with Gasteiger partial charge in [0.25, 0.3) is 0 Å². The lowest BCUT2D eigenvalue weighted by molar-refractivity contribution is 0.0696. The number of aromatic carboxylic acids is 1. The Morgan fingerprint density at radius 3 is 2.81 bits per heavy atom. The quantitative estimate of drug-likeness (QED) is 0.754. The second-order valence-electron chi connectivity index (χ2n) is 6.16. The van der Waals surface area contributed by atoms with Crippen LogP contribution in [-0.4, -0.2) is 20.9 Å². The summed E-state index contributed by atoms with van der Waals surface area (Å²) in [6.45, 7) is 1.42. The minimum Gasteiger partial charge on any atom is -0.478 e. The van der Waals surface area contributed by atoms with E-state index in [-0.39, 0.29) is 11.1 Å². The van der Waals surface area contributed by atoms with Crippen molar-refractivity contribution in [2.75, 3.05) is 0 Å². The summed E-state index contributed by atoms with van der Waals surface area (Å²) < 4.78 is 29.3. The Labute approximate surface area is 147 Å². The van der Waals surface area contributed by atoms with E-state index in [4.69, 9.17) is 5.11 Å². The van der Waals surface area contributed by atoms with Crippen LogP contribution in [0, 0.1) is 11.6 Å². The number of benzene rings is 2. The maximum absolute atomic E-state index is 14.4. The van der Waals surface area contributed by atoms with Gasteiger partial charge in [-0.05, 0) is 29.8 Å². The number of hydrogen-bond donors (Lipinski definition) is 2. The molecule has 0 amide bonds. The lowest BCUT2D eigenvalue weighted by atomic mass is 10.1. The average Bonchev–Trinajstić information content (AvgIpc) is 3.17. The number of rotatable bonds is 4. The molecule has 0 unspecified atom stereocenters. The van der Waals surface area contributed by atoms with Crippen molar-refractivity contribution in [2.24, 2.45) is 0 Å². The molecule has 0 spiro atoms. The van der Waals surface area contributed by atoms with Crippen LogP contribution in [-0.2, 0) is 19.6 Å². The number of nitrogens with zero attached hydrogens (tertiary/aromatic N) is 2. The van der Waals surface area contributed by atoms with Gasteiger partial charge in [0, 0.05) is 30.3 Å². The number of halogens is 2. The Hall–Kier alpha value is -3.06. The lowest BCUT2D eigenvalue weighted by Gasteiger charge is -2.11. The van der Waals surface area contributed by atoms with Crippen LogP contribution < -0.4 is 5.32 Å². The topological polar surface area (TPSA) is 67.1 Å². The van der Waals surface area contributed by atoms with Gasteiger partial charge in [-0.3, -0.25) is 4.68 Å². The molecule has 0 saturated heterocycles.